The molecule has 1 N–H and O–H groups in total. The summed E-state index contributed by atoms with van der Waals surface area (Å²) in [6.45, 7) is 6.72. The van der Waals surface area contributed by atoms with Gasteiger partial charge in [-0.25, -0.2) is 24.3 Å². The Bertz CT molecular complexity index is 1760. The van der Waals surface area contributed by atoms with Crippen LogP contribution >= 0.6 is 15.9 Å². The Morgan fingerprint density at radius 1 is 1.15 bits per heavy atom. The van der Waals surface area contributed by atoms with E-state index in [9.17, 15) is 18.8 Å². The van der Waals surface area contributed by atoms with Crippen LogP contribution in [0.4, 0.5) is 10.2 Å². The highest BCUT2D eigenvalue weighted by Crippen LogP contribution is 2.59. The first kappa shape index (κ1) is 27.1. The van der Waals surface area contributed by atoms with E-state index in [0.29, 0.717) is 40.1 Å². The van der Waals surface area contributed by atoms with Gasteiger partial charge in [0.2, 0.25) is 11.8 Å². The minimum Gasteiger partial charge on any atom is -0.325 e. The molecule has 210 valence electrons. The zero-order valence-corrected chi connectivity index (χ0v) is 24.4. The maximum atomic E-state index is 13.9. The lowest BCUT2D eigenvalue weighted by Gasteiger charge is -2.27. The number of amides is 2. The number of hydrogen-bond acceptors (Lipinski definition) is 8. The molecular formula is C28H26BrFN8O3. The first-order chi connectivity index (χ1) is 19.4. The van der Waals surface area contributed by atoms with Crippen molar-refractivity contribution in [2.45, 2.75) is 59.2 Å². The molecule has 4 aromatic rings. The van der Waals surface area contributed by atoms with Crippen LogP contribution in [0, 0.1) is 25.1 Å². The number of aryl methyl sites for hydroxylation is 2. The summed E-state index contributed by atoms with van der Waals surface area (Å²) in [6, 6.07) is 4.00. The van der Waals surface area contributed by atoms with E-state index < -0.39 is 11.9 Å². The molecule has 2 aliphatic rings. The second kappa shape index (κ2) is 9.75. The van der Waals surface area contributed by atoms with Gasteiger partial charge in [-0.3, -0.25) is 19.1 Å². The molecule has 0 spiro atoms. The Hall–Kier alpha value is -4.13. The number of nitrogens with one attached hydrogen (secondary N) is 1. The number of aromatic nitrogens is 6. The maximum Gasteiger partial charge on any atom is 0.248 e. The molecule has 0 radical (unpaired) electrons. The van der Waals surface area contributed by atoms with Crippen molar-refractivity contribution in [1.29, 1.82) is 0 Å². The summed E-state index contributed by atoms with van der Waals surface area (Å²) >= 11 is 3.06. The van der Waals surface area contributed by atoms with Gasteiger partial charge in [0.05, 0.1) is 11.2 Å². The standard InChI is InChI=1S/C28H26BrFN8O3/c1-13-7-17(30)25(29)34-26(13)35-27(41)20-8-28(4)9-21(28)38(20)22(40)12-37-19-6-5-18(16-10-31-15(3)32-11-16)33-24(19)23(36-37)14(2)39/h5-7,10-11,20-21H,8-9,12H2,1-4H3,(H,34,35,41)/t20-,21+,28-/m0/s1. The second-order valence-electron chi connectivity index (χ2n) is 11.0. The lowest BCUT2D eigenvalue weighted by molar-refractivity contribution is -0.138. The molecule has 0 aromatic carbocycles. The first-order valence-corrected chi connectivity index (χ1v) is 13.9. The number of hydrogen-bond donors (Lipinski definition) is 1. The fraction of sp³-hybridized carbons (Fsp3) is 0.357. The van der Waals surface area contributed by atoms with Crippen LogP contribution in [-0.4, -0.2) is 64.3 Å². The van der Waals surface area contributed by atoms with Gasteiger partial charge in [0, 0.05) is 30.9 Å². The Morgan fingerprint density at radius 3 is 2.59 bits per heavy atom. The molecule has 0 bridgehead atoms. The van der Waals surface area contributed by atoms with Crippen LogP contribution in [0.25, 0.3) is 22.3 Å². The van der Waals surface area contributed by atoms with Crippen molar-refractivity contribution in [3.63, 3.8) is 0 Å². The van der Waals surface area contributed by atoms with Crippen LogP contribution in [0.5, 0.6) is 0 Å². The van der Waals surface area contributed by atoms with E-state index in [1.165, 1.54) is 17.7 Å². The zero-order valence-electron chi connectivity index (χ0n) is 22.8. The lowest BCUT2D eigenvalue weighted by Crippen LogP contribution is -2.47. The van der Waals surface area contributed by atoms with Gasteiger partial charge < -0.3 is 10.2 Å². The van der Waals surface area contributed by atoms with Gasteiger partial charge in [-0.2, -0.15) is 5.10 Å². The van der Waals surface area contributed by atoms with Gasteiger partial charge >= 0.3 is 0 Å². The Balaban J connectivity index is 1.28. The van der Waals surface area contributed by atoms with Gasteiger partial charge in [-0.15, -0.1) is 0 Å². The fourth-order valence-electron chi connectivity index (χ4n) is 5.55. The minimum absolute atomic E-state index is 0.00827. The van der Waals surface area contributed by atoms with E-state index in [-0.39, 0.29) is 51.7 Å². The van der Waals surface area contributed by atoms with Crippen molar-refractivity contribution in [2.24, 2.45) is 5.41 Å². The van der Waals surface area contributed by atoms with Crippen LogP contribution in [0.1, 0.15) is 48.6 Å². The monoisotopic (exact) mass is 620 g/mol. The number of piperidine rings is 1. The number of ketones is 1. The lowest BCUT2D eigenvalue weighted by atomic mass is 10.0. The average Bonchev–Trinajstić information content (AvgIpc) is 3.29. The molecule has 13 heteroatoms. The number of carbonyl (C=O) groups is 3. The molecule has 1 aliphatic carbocycles. The Kier molecular flexibility index (Phi) is 6.44. The van der Waals surface area contributed by atoms with Gasteiger partial charge in [0.15, 0.2) is 17.3 Å². The quantitative estimate of drug-likeness (QED) is 0.252. The molecule has 2 amide bonds. The molecule has 1 saturated carbocycles. The molecule has 1 saturated heterocycles. The van der Waals surface area contributed by atoms with Crippen molar-refractivity contribution in [1.82, 2.24) is 34.6 Å². The maximum absolute atomic E-state index is 13.9. The van der Waals surface area contributed by atoms with E-state index in [1.807, 2.05) is 0 Å². The normalized spacial score (nSPS) is 21.2. The molecule has 11 nitrogen and oxygen atoms in total. The fourth-order valence-corrected chi connectivity index (χ4v) is 5.85. The largest absolute Gasteiger partial charge is 0.325 e. The number of nitrogens with zero attached hydrogens (tertiary/aromatic N) is 7. The van der Waals surface area contributed by atoms with Crippen LogP contribution < -0.4 is 5.32 Å². The average molecular weight is 621 g/mol. The van der Waals surface area contributed by atoms with Crippen molar-refractivity contribution in [3.05, 3.63) is 58.1 Å². The summed E-state index contributed by atoms with van der Waals surface area (Å²) in [5, 5.41) is 7.22. The highest BCUT2D eigenvalue weighted by Gasteiger charge is 2.64. The van der Waals surface area contributed by atoms with E-state index in [1.54, 1.807) is 43.3 Å². The number of fused-ring (bicyclic) bond motifs is 2. The number of likely N-dealkylation sites (tertiary alicyclic amines) is 1. The van der Waals surface area contributed by atoms with E-state index in [4.69, 9.17) is 0 Å². The van der Waals surface area contributed by atoms with E-state index in [2.05, 4.69) is 53.2 Å². The third-order valence-electron chi connectivity index (χ3n) is 7.88. The highest BCUT2D eigenvalue weighted by atomic mass is 79.9. The summed E-state index contributed by atoms with van der Waals surface area (Å²) in [4.78, 5) is 58.4. The molecule has 41 heavy (non-hydrogen) atoms. The summed E-state index contributed by atoms with van der Waals surface area (Å²) in [5.41, 5.74) is 2.62. The number of Topliss-reactive ketones (excluding diaryl/α,β-unsaturated/α-hetero) is 1. The molecule has 6 rings (SSSR count). The molecule has 4 aromatic heterocycles. The van der Waals surface area contributed by atoms with Crippen molar-refractivity contribution < 1.29 is 18.8 Å². The summed E-state index contributed by atoms with van der Waals surface area (Å²) in [5.74, 6) is -0.640. The molecule has 3 atom stereocenters. The third kappa shape index (κ3) is 4.77. The van der Waals surface area contributed by atoms with Gasteiger partial charge in [0.25, 0.3) is 0 Å². The van der Waals surface area contributed by atoms with Crippen LogP contribution in [-0.2, 0) is 16.1 Å². The Labute approximate surface area is 242 Å². The van der Waals surface area contributed by atoms with Crippen LogP contribution in [0.3, 0.4) is 0 Å². The van der Waals surface area contributed by atoms with E-state index in [0.717, 1.165) is 6.42 Å². The first-order valence-electron chi connectivity index (χ1n) is 13.1. The minimum atomic E-state index is -0.725. The summed E-state index contributed by atoms with van der Waals surface area (Å²) < 4.78 is 15.3. The summed E-state index contributed by atoms with van der Waals surface area (Å²) in [6.07, 6.45) is 4.61. The number of rotatable bonds is 6. The smallest absolute Gasteiger partial charge is 0.248 e. The zero-order chi connectivity index (χ0) is 29.2. The molecule has 1 aliphatic heterocycles. The predicted octanol–water partition coefficient (Wildman–Crippen LogP) is 4.02. The highest BCUT2D eigenvalue weighted by molar-refractivity contribution is 9.10. The number of halogens is 2. The van der Waals surface area contributed by atoms with Crippen LogP contribution in [0.2, 0.25) is 0 Å². The third-order valence-corrected chi connectivity index (χ3v) is 8.44. The number of pyridine rings is 2. The van der Waals surface area contributed by atoms with Gasteiger partial charge in [-0.05, 0) is 71.8 Å². The SMILES string of the molecule is CC(=O)c1nn(CC(=O)N2[C@H](C(=O)Nc3nc(Br)c(F)cc3C)C[C@@]3(C)C[C@@H]23)c2ccc(-c3cnc(C)nc3)nc12. The van der Waals surface area contributed by atoms with E-state index >= 15 is 0 Å². The number of anilines is 1. The van der Waals surface area contributed by atoms with Crippen molar-refractivity contribution in [3.8, 4) is 11.3 Å². The van der Waals surface area contributed by atoms with Gasteiger partial charge in [0.1, 0.15) is 34.3 Å². The van der Waals surface area contributed by atoms with Gasteiger partial charge in [-0.1, -0.05) is 6.92 Å². The van der Waals surface area contributed by atoms with Crippen molar-refractivity contribution in [2.75, 3.05) is 5.32 Å². The number of carbonyl (C=O) groups excluding carboxylic acids is 3. The molecule has 2 fully saturated rings. The van der Waals surface area contributed by atoms with Crippen LogP contribution in [0.15, 0.2) is 35.2 Å². The predicted molar refractivity (Wildman–Crippen MR) is 150 cm³/mol. The molecule has 0 unspecified atom stereocenters. The Morgan fingerprint density at radius 2 is 1.88 bits per heavy atom. The van der Waals surface area contributed by atoms with Crippen molar-refractivity contribution >= 4 is 50.4 Å². The molecular weight excluding hydrogens is 595 g/mol. The topological polar surface area (TPSA) is 136 Å². The second-order valence-corrected chi connectivity index (χ2v) is 11.7. The molecule has 5 heterocycles. The summed E-state index contributed by atoms with van der Waals surface area (Å²) in [7, 11) is 0.